The number of hydrogen-bond donors (Lipinski definition) is 0. The first-order valence-electron chi connectivity index (χ1n) is 6.70. The molecule has 0 amide bonds. The van der Waals surface area contributed by atoms with Crippen molar-refractivity contribution in [3.8, 4) is 0 Å². The molecule has 0 fully saturated rings. The minimum atomic E-state index is -1.49. The van der Waals surface area contributed by atoms with Crippen LogP contribution < -0.4 is 0 Å². The maximum absolute atomic E-state index is 12.0. The maximum Gasteiger partial charge on any atom is 0.508 e. The lowest BCUT2D eigenvalue weighted by atomic mass is 9.81. The van der Waals surface area contributed by atoms with Gasteiger partial charge in [0.15, 0.2) is 5.41 Å². The Labute approximate surface area is 129 Å². The molecule has 0 aliphatic heterocycles. The molecular weight excluding hydrogens is 292 g/mol. The molecule has 0 aliphatic carbocycles. The van der Waals surface area contributed by atoms with E-state index in [1.165, 1.54) is 32.4 Å². The Morgan fingerprint density at radius 3 is 2.05 bits per heavy atom. The maximum atomic E-state index is 12.0. The Bertz CT molecular complexity index is 410. The zero-order valence-electron chi connectivity index (χ0n) is 13.1. The lowest BCUT2D eigenvalue weighted by molar-refractivity contribution is -0.168. The van der Waals surface area contributed by atoms with Crippen molar-refractivity contribution < 1.29 is 33.3 Å². The Kier molecular flexibility index (Phi) is 9.33. The van der Waals surface area contributed by atoms with Crippen LogP contribution >= 0.6 is 0 Å². The van der Waals surface area contributed by atoms with Gasteiger partial charge in [-0.1, -0.05) is 18.2 Å². The van der Waals surface area contributed by atoms with Gasteiger partial charge in [-0.15, -0.1) is 6.58 Å². The highest BCUT2D eigenvalue weighted by Crippen LogP contribution is 2.31. The molecule has 0 aromatic heterocycles. The van der Waals surface area contributed by atoms with Crippen molar-refractivity contribution in [3.63, 3.8) is 0 Å². The van der Waals surface area contributed by atoms with Crippen LogP contribution in [0.25, 0.3) is 0 Å². The fraction of sp³-hybridized carbons (Fsp3) is 0.533. The molecule has 0 saturated carbocycles. The number of hydrogen-bond acceptors (Lipinski definition) is 7. The third-order valence-corrected chi connectivity index (χ3v) is 2.84. The van der Waals surface area contributed by atoms with Crippen molar-refractivity contribution in [2.24, 2.45) is 5.41 Å². The minimum Gasteiger partial charge on any atom is -0.468 e. The summed E-state index contributed by atoms with van der Waals surface area (Å²) < 4.78 is 18.7. The minimum absolute atomic E-state index is 0.0323. The molecule has 0 heterocycles. The van der Waals surface area contributed by atoms with Gasteiger partial charge >= 0.3 is 18.1 Å². The van der Waals surface area contributed by atoms with Crippen molar-refractivity contribution in [2.45, 2.75) is 19.8 Å². The number of ether oxygens (including phenoxy) is 4. The van der Waals surface area contributed by atoms with Crippen molar-refractivity contribution in [1.29, 1.82) is 0 Å². The summed E-state index contributed by atoms with van der Waals surface area (Å²) >= 11 is 0. The summed E-state index contributed by atoms with van der Waals surface area (Å²) in [5.74, 6) is -1.43. The molecule has 0 aromatic rings. The number of carbonyl (C=O) groups excluding carboxylic acids is 3. The molecule has 0 saturated heterocycles. The molecule has 0 rings (SSSR count). The molecule has 0 N–H and O–H groups in total. The normalized spacial score (nSPS) is 10.9. The van der Waals surface area contributed by atoms with Crippen LogP contribution in [0.3, 0.4) is 0 Å². The molecule has 124 valence electrons. The number of carbonyl (C=O) groups is 3. The lowest BCUT2D eigenvalue weighted by Crippen LogP contribution is -2.40. The van der Waals surface area contributed by atoms with E-state index >= 15 is 0 Å². The predicted octanol–water partition coefficient (Wildman–Crippen LogP) is 2.01. The van der Waals surface area contributed by atoms with E-state index in [0.29, 0.717) is 0 Å². The first-order valence-corrected chi connectivity index (χ1v) is 6.70. The summed E-state index contributed by atoms with van der Waals surface area (Å²) in [4.78, 5) is 34.9. The Balaban J connectivity index is 4.84. The van der Waals surface area contributed by atoms with Gasteiger partial charge in [0.1, 0.15) is 6.61 Å². The topological polar surface area (TPSA) is 88.1 Å². The summed E-state index contributed by atoms with van der Waals surface area (Å²) in [5, 5.41) is 0. The smallest absolute Gasteiger partial charge is 0.468 e. The molecule has 0 spiro atoms. The van der Waals surface area contributed by atoms with Crippen molar-refractivity contribution >= 4 is 18.1 Å². The van der Waals surface area contributed by atoms with Gasteiger partial charge in [0.05, 0.1) is 20.8 Å². The zero-order chi connectivity index (χ0) is 17.0. The van der Waals surface area contributed by atoms with Crippen LogP contribution in [0.2, 0.25) is 0 Å². The van der Waals surface area contributed by atoms with Gasteiger partial charge in [0.25, 0.3) is 0 Å². The largest absolute Gasteiger partial charge is 0.508 e. The zero-order valence-corrected chi connectivity index (χ0v) is 13.1. The average molecular weight is 314 g/mol. The highest BCUT2D eigenvalue weighted by molar-refractivity contribution is 6.00. The molecule has 22 heavy (non-hydrogen) atoms. The van der Waals surface area contributed by atoms with E-state index in [1.807, 2.05) is 0 Å². The first kappa shape index (κ1) is 19.7. The second-order valence-corrected chi connectivity index (χ2v) is 4.23. The van der Waals surface area contributed by atoms with Crippen molar-refractivity contribution in [1.82, 2.24) is 0 Å². The van der Waals surface area contributed by atoms with Gasteiger partial charge in [-0.3, -0.25) is 9.59 Å². The van der Waals surface area contributed by atoms with E-state index in [-0.39, 0.29) is 26.1 Å². The number of allylic oxidation sites excluding steroid dienone is 2. The van der Waals surface area contributed by atoms with Crippen LogP contribution in [0.5, 0.6) is 0 Å². The van der Waals surface area contributed by atoms with Crippen LogP contribution in [0.15, 0.2) is 24.8 Å². The van der Waals surface area contributed by atoms with E-state index in [2.05, 4.69) is 11.3 Å². The monoisotopic (exact) mass is 314 g/mol. The SMILES string of the molecule is C=CCC(C/C=C/COC(=O)OCC)(C(=O)OC)C(=O)OC. The standard InChI is InChI=1S/C15H22O7/c1-5-9-15(12(16)19-3,13(17)20-4)10-7-8-11-22-14(18)21-6-2/h5,7-8H,1,6,9-11H2,2-4H3/b8-7+. The van der Waals surface area contributed by atoms with Crippen LogP contribution in [0.4, 0.5) is 4.79 Å². The van der Waals surface area contributed by atoms with Crippen LogP contribution in [0.1, 0.15) is 19.8 Å². The van der Waals surface area contributed by atoms with Crippen LogP contribution in [-0.2, 0) is 28.5 Å². The first-order chi connectivity index (χ1) is 10.5. The molecule has 0 atom stereocenters. The average Bonchev–Trinajstić information content (AvgIpc) is 2.52. The van der Waals surface area contributed by atoms with E-state index in [0.717, 1.165) is 0 Å². The Morgan fingerprint density at radius 2 is 1.59 bits per heavy atom. The lowest BCUT2D eigenvalue weighted by Gasteiger charge is -2.25. The third-order valence-electron chi connectivity index (χ3n) is 2.84. The highest BCUT2D eigenvalue weighted by Gasteiger charge is 2.46. The number of methoxy groups -OCH3 is 2. The predicted molar refractivity (Wildman–Crippen MR) is 78.0 cm³/mol. The van der Waals surface area contributed by atoms with Crippen LogP contribution in [0, 0.1) is 5.41 Å². The molecule has 0 bridgehead atoms. The molecular formula is C15H22O7. The summed E-state index contributed by atoms with van der Waals surface area (Å²) in [6.45, 7) is 5.38. The summed E-state index contributed by atoms with van der Waals surface area (Å²) in [6.07, 6.45) is 3.79. The summed E-state index contributed by atoms with van der Waals surface area (Å²) in [5.41, 5.74) is -1.49. The number of rotatable bonds is 9. The van der Waals surface area contributed by atoms with Gasteiger partial charge in [-0.25, -0.2) is 4.79 Å². The van der Waals surface area contributed by atoms with Gasteiger partial charge in [-0.05, 0) is 19.8 Å². The fourth-order valence-corrected chi connectivity index (χ4v) is 1.77. The molecule has 0 aliphatic rings. The van der Waals surface area contributed by atoms with E-state index in [1.54, 1.807) is 6.92 Å². The van der Waals surface area contributed by atoms with E-state index < -0.39 is 23.5 Å². The quantitative estimate of drug-likeness (QED) is 0.278. The second kappa shape index (κ2) is 10.4. The van der Waals surface area contributed by atoms with Crippen molar-refractivity contribution in [2.75, 3.05) is 27.4 Å². The van der Waals surface area contributed by atoms with E-state index in [9.17, 15) is 14.4 Å². The van der Waals surface area contributed by atoms with Gasteiger partial charge < -0.3 is 18.9 Å². The van der Waals surface area contributed by atoms with E-state index in [4.69, 9.17) is 14.2 Å². The molecule has 0 unspecified atom stereocenters. The second-order valence-electron chi connectivity index (χ2n) is 4.23. The fourth-order valence-electron chi connectivity index (χ4n) is 1.77. The molecule has 7 heteroatoms. The van der Waals surface area contributed by atoms with Crippen molar-refractivity contribution in [3.05, 3.63) is 24.8 Å². The molecule has 7 nitrogen and oxygen atoms in total. The molecule has 0 aromatic carbocycles. The summed E-state index contributed by atoms with van der Waals surface area (Å²) in [6, 6.07) is 0. The Hall–Kier alpha value is -2.31. The Morgan fingerprint density at radius 1 is 1.00 bits per heavy atom. The summed E-state index contributed by atoms with van der Waals surface area (Å²) in [7, 11) is 2.38. The van der Waals surface area contributed by atoms with Crippen LogP contribution in [-0.4, -0.2) is 45.5 Å². The third kappa shape index (κ3) is 5.59. The highest BCUT2D eigenvalue weighted by atomic mass is 16.7. The number of esters is 2. The molecule has 0 radical (unpaired) electrons. The van der Waals surface area contributed by atoms with Gasteiger partial charge in [0, 0.05) is 0 Å². The van der Waals surface area contributed by atoms with Gasteiger partial charge in [0.2, 0.25) is 0 Å². The van der Waals surface area contributed by atoms with Gasteiger partial charge in [-0.2, -0.15) is 0 Å².